The molecule has 0 bridgehead atoms. The predicted octanol–water partition coefficient (Wildman–Crippen LogP) is -1.09. The maximum Gasteiger partial charge on any atom is 0.180 e. The number of ether oxygens (including phenoxy) is 2. The molecule has 0 amide bonds. The lowest BCUT2D eigenvalue weighted by atomic mass is 9.97. The van der Waals surface area contributed by atoms with Crippen molar-refractivity contribution in [2.24, 2.45) is 4.99 Å². The quantitative estimate of drug-likeness (QED) is 0.526. The summed E-state index contributed by atoms with van der Waals surface area (Å²) in [7, 11) is 1.56. The molecule has 116 valence electrons. The van der Waals surface area contributed by atoms with Crippen molar-refractivity contribution in [3.05, 3.63) is 29.8 Å². The van der Waals surface area contributed by atoms with E-state index in [1.807, 2.05) is 0 Å². The van der Waals surface area contributed by atoms with Crippen LogP contribution in [-0.4, -0.2) is 71.0 Å². The maximum absolute atomic E-state index is 9.93. The normalized spacial score (nSPS) is 33.3. The summed E-state index contributed by atoms with van der Waals surface area (Å²) < 4.78 is 10.1. The van der Waals surface area contributed by atoms with Gasteiger partial charge in [-0.15, -0.1) is 0 Å². The molecule has 1 aromatic carbocycles. The molecular formula is C14H19NO6. The van der Waals surface area contributed by atoms with Gasteiger partial charge in [0.05, 0.1) is 13.7 Å². The molecular weight excluding hydrogens is 278 g/mol. The Bertz CT molecular complexity index is 477. The fourth-order valence-electron chi connectivity index (χ4n) is 2.11. The molecule has 5 atom stereocenters. The number of rotatable bonds is 4. The van der Waals surface area contributed by atoms with Crippen LogP contribution in [0, 0.1) is 0 Å². The Morgan fingerprint density at radius 2 is 1.86 bits per heavy atom. The molecule has 1 aromatic rings. The van der Waals surface area contributed by atoms with E-state index in [0.29, 0.717) is 5.75 Å². The van der Waals surface area contributed by atoms with E-state index in [0.717, 1.165) is 5.56 Å². The first kappa shape index (κ1) is 15.9. The van der Waals surface area contributed by atoms with Crippen LogP contribution in [0.3, 0.4) is 0 Å². The van der Waals surface area contributed by atoms with Crippen molar-refractivity contribution in [1.29, 1.82) is 0 Å². The Labute approximate surface area is 122 Å². The number of aliphatic hydroxyl groups excluding tert-OH is 4. The minimum Gasteiger partial charge on any atom is -0.497 e. The van der Waals surface area contributed by atoms with Gasteiger partial charge in [0.15, 0.2) is 6.29 Å². The second-order valence-corrected chi connectivity index (χ2v) is 4.77. The number of aliphatic imine (C=N–C) groups is 1. The van der Waals surface area contributed by atoms with Crippen LogP contribution >= 0.6 is 0 Å². The highest BCUT2D eigenvalue weighted by Gasteiger charge is 2.43. The largest absolute Gasteiger partial charge is 0.497 e. The zero-order valence-electron chi connectivity index (χ0n) is 11.5. The molecule has 0 spiro atoms. The van der Waals surface area contributed by atoms with Crippen molar-refractivity contribution in [2.45, 2.75) is 30.6 Å². The third kappa shape index (κ3) is 3.58. The fourth-order valence-corrected chi connectivity index (χ4v) is 2.11. The molecule has 0 aliphatic carbocycles. The lowest BCUT2D eigenvalue weighted by Gasteiger charge is -2.38. The van der Waals surface area contributed by atoms with Crippen molar-refractivity contribution in [2.75, 3.05) is 13.7 Å². The third-order valence-electron chi connectivity index (χ3n) is 3.38. The summed E-state index contributed by atoms with van der Waals surface area (Å²) in [6, 6.07) is 6.00. The highest BCUT2D eigenvalue weighted by atomic mass is 16.6. The van der Waals surface area contributed by atoms with Crippen molar-refractivity contribution >= 4 is 6.21 Å². The summed E-state index contributed by atoms with van der Waals surface area (Å²) in [6.07, 6.45) is -3.58. The Balaban J connectivity index is 2.08. The van der Waals surface area contributed by atoms with Gasteiger partial charge in [-0.1, -0.05) is 0 Å². The van der Waals surface area contributed by atoms with Gasteiger partial charge in [0.1, 0.15) is 30.1 Å². The number of hydrogen-bond acceptors (Lipinski definition) is 7. The summed E-state index contributed by atoms with van der Waals surface area (Å²) in [4.78, 5) is 4.06. The topological polar surface area (TPSA) is 112 Å². The lowest BCUT2D eigenvalue weighted by Crippen LogP contribution is -2.57. The SMILES string of the molecule is COc1ccc(C=N[C@H]2[C@H](O)[C@H](O)[C@@H](CO)O[C@H]2O)cc1. The molecule has 2 rings (SSSR count). The minimum absolute atomic E-state index is 0.496. The van der Waals surface area contributed by atoms with Gasteiger partial charge in [0, 0.05) is 6.21 Å². The van der Waals surface area contributed by atoms with Gasteiger partial charge in [-0.25, -0.2) is 0 Å². The van der Waals surface area contributed by atoms with Crippen LogP contribution in [0.4, 0.5) is 0 Å². The van der Waals surface area contributed by atoms with Gasteiger partial charge in [-0.2, -0.15) is 0 Å². The third-order valence-corrected chi connectivity index (χ3v) is 3.38. The highest BCUT2D eigenvalue weighted by Crippen LogP contribution is 2.22. The number of benzene rings is 1. The molecule has 0 aromatic heterocycles. The molecule has 4 N–H and O–H groups in total. The first-order valence-corrected chi connectivity index (χ1v) is 6.54. The zero-order chi connectivity index (χ0) is 15.4. The van der Waals surface area contributed by atoms with Gasteiger partial charge in [0.25, 0.3) is 0 Å². The molecule has 1 aliphatic heterocycles. The number of nitrogens with zero attached hydrogens (tertiary/aromatic N) is 1. The molecule has 1 saturated heterocycles. The van der Waals surface area contributed by atoms with Gasteiger partial charge >= 0.3 is 0 Å². The maximum atomic E-state index is 9.93. The summed E-state index contributed by atoms with van der Waals surface area (Å²) in [6.45, 7) is -0.496. The van der Waals surface area contributed by atoms with E-state index < -0.39 is 37.3 Å². The monoisotopic (exact) mass is 297 g/mol. The van der Waals surface area contributed by atoms with Gasteiger partial charge in [-0.05, 0) is 29.8 Å². The molecule has 21 heavy (non-hydrogen) atoms. The standard InChI is InChI=1S/C14H19NO6/c1-20-9-4-2-8(3-5-9)6-15-11-13(18)12(17)10(7-16)21-14(11)19/h2-6,10-14,16-19H,7H2,1H3/t10-,11+,12-,13+,14-/m1/s1. The minimum atomic E-state index is -1.39. The van der Waals surface area contributed by atoms with Crippen LogP contribution in [0.15, 0.2) is 29.3 Å². The van der Waals surface area contributed by atoms with E-state index in [2.05, 4.69) is 4.99 Å². The van der Waals surface area contributed by atoms with Crippen LogP contribution in [0.25, 0.3) is 0 Å². The summed E-state index contributed by atoms with van der Waals surface area (Å²) >= 11 is 0. The van der Waals surface area contributed by atoms with Crippen molar-refractivity contribution < 1.29 is 29.9 Å². The second-order valence-electron chi connectivity index (χ2n) is 4.77. The van der Waals surface area contributed by atoms with Crippen LogP contribution in [-0.2, 0) is 4.74 Å². The average molecular weight is 297 g/mol. The molecule has 0 saturated carbocycles. The molecule has 1 heterocycles. The second kappa shape index (κ2) is 6.97. The van der Waals surface area contributed by atoms with E-state index >= 15 is 0 Å². The van der Waals surface area contributed by atoms with E-state index in [1.165, 1.54) is 6.21 Å². The lowest BCUT2D eigenvalue weighted by molar-refractivity contribution is -0.248. The van der Waals surface area contributed by atoms with E-state index in [9.17, 15) is 15.3 Å². The summed E-state index contributed by atoms with van der Waals surface area (Å²) in [5.41, 5.74) is 0.744. The van der Waals surface area contributed by atoms with E-state index in [1.54, 1.807) is 31.4 Å². The zero-order valence-corrected chi connectivity index (χ0v) is 11.5. The molecule has 0 radical (unpaired) electrons. The Kier molecular flexibility index (Phi) is 5.27. The van der Waals surface area contributed by atoms with Crippen LogP contribution in [0.1, 0.15) is 5.56 Å². The molecule has 1 aliphatic rings. The Hall–Kier alpha value is -1.51. The number of hydrogen-bond donors (Lipinski definition) is 4. The Morgan fingerprint density at radius 3 is 2.43 bits per heavy atom. The average Bonchev–Trinajstić information content (AvgIpc) is 2.51. The van der Waals surface area contributed by atoms with Gasteiger partial charge in [0.2, 0.25) is 0 Å². The van der Waals surface area contributed by atoms with Crippen LogP contribution in [0.2, 0.25) is 0 Å². The first-order chi connectivity index (χ1) is 10.1. The van der Waals surface area contributed by atoms with Gasteiger partial charge in [-0.3, -0.25) is 4.99 Å². The van der Waals surface area contributed by atoms with Gasteiger partial charge < -0.3 is 29.9 Å². The molecule has 7 nitrogen and oxygen atoms in total. The van der Waals surface area contributed by atoms with Crippen LogP contribution in [0.5, 0.6) is 5.75 Å². The number of aliphatic hydroxyl groups is 4. The molecule has 7 heteroatoms. The highest BCUT2D eigenvalue weighted by molar-refractivity contribution is 5.79. The van der Waals surface area contributed by atoms with Crippen molar-refractivity contribution in [3.8, 4) is 5.75 Å². The fraction of sp³-hybridized carbons (Fsp3) is 0.500. The smallest absolute Gasteiger partial charge is 0.180 e. The molecule has 1 fully saturated rings. The van der Waals surface area contributed by atoms with Crippen molar-refractivity contribution in [3.63, 3.8) is 0 Å². The number of methoxy groups -OCH3 is 1. The first-order valence-electron chi connectivity index (χ1n) is 6.54. The predicted molar refractivity (Wildman–Crippen MR) is 74.4 cm³/mol. The Morgan fingerprint density at radius 1 is 1.19 bits per heavy atom. The summed E-state index contributed by atoms with van der Waals surface area (Å²) in [5, 5.41) is 38.5. The van der Waals surface area contributed by atoms with E-state index in [-0.39, 0.29) is 0 Å². The van der Waals surface area contributed by atoms with Crippen molar-refractivity contribution in [1.82, 2.24) is 0 Å². The van der Waals surface area contributed by atoms with E-state index in [4.69, 9.17) is 14.6 Å². The summed E-state index contributed by atoms with van der Waals surface area (Å²) in [5.74, 6) is 0.703. The van der Waals surface area contributed by atoms with Crippen LogP contribution < -0.4 is 4.74 Å². The molecule has 0 unspecified atom stereocenters.